The summed E-state index contributed by atoms with van der Waals surface area (Å²) in [5.41, 5.74) is 0. The van der Waals surface area contributed by atoms with Crippen LogP contribution in [0.4, 0.5) is 0 Å². The summed E-state index contributed by atoms with van der Waals surface area (Å²) in [6, 6.07) is 0. The molecule has 11 heavy (non-hydrogen) atoms. The Labute approximate surface area is 144 Å². The van der Waals surface area contributed by atoms with E-state index >= 15 is 0 Å². The summed E-state index contributed by atoms with van der Waals surface area (Å²) in [7, 11) is 0. The minimum Gasteiger partial charge on any atom is -0.181 e. The summed E-state index contributed by atoms with van der Waals surface area (Å²) in [5, 5.41) is 0. The Bertz CT molecular complexity index is 114. The van der Waals surface area contributed by atoms with E-state index in [0.717, 1.165) is 6.54 Å². The van der Waals surface area contributed by atoms with Gasteiger partial charge in [-0.2, -0.15) is 3.71 Å². The maximum absolute atomic E-state index is 2.59. The van der Waals surface area contributed by atoms with Gasteiger partial charge in [0.1, 0.15) is 0 Å². The monoisotopic (exact) mass is 868 g/mol. The molecule has 0 fully saturated rings. The molecule has 0 rings (SSSR count). The van der Waals surface area contributed by atoms with E-state index in [9.17, 15) is 0 Å². The van der Waals surface area contributed by atoms with Crippen molar-refractivity contribution in [1.29, 1.82) is 0 Å². The van der Waals surface area contributed by atoms with E-state index < -0.39 is 3.46 Å². The van der Waals surface area contributed by atoms with Crippen LogP contribution in [0.15, 0.2) is 0 Å². The lowest BCUT2D eigenvalue weighted by molar-refractivity contribution is 0.802. The van der Waals surface area contributed by atoms with E-state index in [1.807, 2.05) is 0 Å². The largest absolute Gasteiger partial charge is 0.181 e. The van der Waals surface area contributed by atoms with Crippen LogP contribution in [-0.2, 0) is 0 Å². The normalized spacial score (nSPS) is 17.1. The molecule has 0 bridgehead atoms. The number of hydrogen-bond donors (Lipinski definition) is 0. The minimum absolute atomic E-state index is 0.615. The molecule has 0 aliphatic rings. The number of nitrogens with zero attached hydrogens (tertiary/aromatic N) is 1. The lowest BCUT2D eigenvalue weighted by atomic mass is 10.8. The number of halogens is 6. The maximum atomic E-state index is 2.59. The van der Waals surface area contributed by atoms with E-state index in [4.69, 9.17) is 0 Å². The third-order valence-electron chi connectivity index (χ3n) is 0.720. The van der Waals surface area contributed by atoms with Gasteiger partial charge in [-0.25, -0.2) is 0 Å². The Morgan fingerprint density at radius 2 is 1.18 bits per heavy atom. The molecule has 0 aliphatic heterocycles. The maximum Gasteiger partial charge on any atom is 0.0185 e. The van der Waals surface area contributed by atoms with Crippen LogP contribution < -0.4 is 0 Å². The second kappa shape index (κ2) is 6.70. The highest BCUT2D eigenvalue weighted by Gasteiger charge is 2.32. The van der Waals surface area contributed by atoms with Gasteiger partial charge in [-0.15, -0.1) is 0 Å². The molecular weight excluding hydrogens is 864 g/mol. The first-order valence-electron chi connectivity index (χ1n) is 2.31. The van der Waals surface area contributed by atoms with Crippen LogP contribution in [0.2, 0.25) is 0 Å². The molecule has 72 valence electrons. The van der Waals surface area contributed by atoms with Crippen molar-refractivity contribution >= 4 is 131 Å². The summed E-state index contributed by atoms with van der Waals surface area (Å²) in [6.45, 7) is 3.38. The van der Waals surface area contributed by atoms with E-state index in [-0.39, 0.29) is 0 Å². The Balaban J connectivity index is 4.43. The van der Waals surface area contributed by atoms with Crippen molar-refractivity contribution in [3.63, 3.8) is 0 Å². The second-order valence-corrected chi connectivity index (χ2v) is 57.3. The first-order chi connectivity index (χ1) is 4.69. The van der Waals surface area contributed by atoms with Gasteiger partial charge in [0.15, 0.2) is 0 Å². The fourth-order valence-electron chi connectivity index (χ4n) is 0.389. The van der Waals surface area contributed by atoms with Crippen molar-refractivity contribution in [1.82, 2.24) is 3.71 Å². The molecule has 0 atom stereocenters. The predicted molar refractivity (Wildman–Crippen MR) is 112 cm³/mol. The van der Waals surface area contributed by atoms with Gasteiger partial charge in [-0.1, -0.05) is 6.92 Å². The fourth-order valence-corrected chi connectivity index (χ4v) is 44.7. The molecule has 0 saturated carbocycles. The quantitative estimate of drug-likeness (QED) is 0.281. The molecule has 0 aromatic carbocycles. The average molecular weight is 869 g/mol. The molecule has 0 unspecified atom stereocenters. The lowest BCUT2D eigenvalue weighted by Crippen LogP contribution is -2.12. The van der Waals surface area contributed by atoms with Gasteiger partial charge in [0.05, 0.1) is 0 Å². The van der Waals surface area contributed by atoms with E-state index in [2.05, 4.69) is 138 Å². The number of hydrogen-bond acceptors (Lipinski definition) is 1. The van der Waals surface area contributed by atoms with Crippen LogP contribution in [0, 0.1) is 0 Å². The third kappa shape index (κ3) is 7.05. The number of rotatable bonds is 3. The van der Waals surface area contributed by atoms with Gasteiger partial charge in [0.25, 0.3) is 0 Å². The third-order valence-corrected chi connectivity index (χ3v) is 16.9. The van der Waals surface area contributed by atoms with E-state index in [0.29, 0.717) is 0 Å². The Hall–Kier alpha value is 5.04. The minimum atomic E-state index is -0.615. The van der Waals surface area contributed by atoms with Gasteiger partial charge < -0.3 is 0 Å². The van der Waals surface area contributed by atoms with Crippen LogP contribution in [0.3, 0.4) is 0 Å². The molecule has 0 aliphatic carbocycles. The zero-order chi connectivity index (χ0) is 9.28. The lowest BCUT2D eigenvalue weighted by Gasteiger charge is -2.41. The smallest absolute Gasteiger partial charge is 0.0185 e. The molecule has 0 N–H and O–H groups in total. The molecule has 0 amide bonds. The summed E-state index contributed by atoms with van der Waals surface area (Å²) < 4.78 is 1.36. The van der Waals surface area contributed by atoms with Crippen LogP contribution in [0.1, 0.15) is 6.92 Å². The second-order valence-electron chi connectivity index (χ2n) is 1.41. The average Bonchev–Trinajstić information content (AvgIpc) is 1.56. The van der Waals surface area contributed by atoms with Crippen LogP contribution >= 0.6 is 131 Å². The molecule has 0 saturated heterocycles. The molecule has 0 heterocycles. The molecule has 0 radical (unpaired) electrons. The molecule has 0 spiro atoms. The Kier molecular flexibility index (Phi) is 9.77. The highest BCUT2D eigenvalue weighted by Crippen LogP contribution is 2.88. The van der Waals surface area contributed by atoms with Crippen LogP contribution in [-0.4, -0.2) is 10.3 Å². The SMILES string of the molecule is CCN(S(I)(I)I)S(I)(I)I. The zero-order valence-electron chi connectivity index (χ0n) is 5.24. The van der Waals surface area contributed by atoms with Crippen molar-refractivity contribution in [2.24, 2.45) is 0 Å². The Morgan fingerprint density at radius 3 is 1.18 bits per heavy atom. The van der Waals surface area contributed by atoms with Crippen molar-refractivity contribution in [3.05, 3.63) is 0 Å². The predicted octanol–water partition coefficient (Wildman–Crippen LogP) is 6.85. The Morgan fingerprint density at radius 1 is 0.909 bits per heavy atom. The van der Waals surface area contributed by atoms with Crippen molar-refractivity contribution in [2.45, 2.75) is 6.92 Å². The summed E-state index contributed by atoms with van der Waals surface area (Å²) in [5.74, 6) is 0. The highest BCUT2D eigenvalue weighted by atomic mass is 127. The molecular formula is C2H5I6NS2. The molecule has 0 aromatic rings. The summed E-state index contributed by atoms with van der Waals surface area (Å²) >= 11 is 15.3. The van der Waals surface area contributed by atoms with Crippen LogP contribution in [0.5, 0.6) is 0 Å². The summed E-state index contributed by atoms with van der Waals surface area (Å²) in [6.07, 6.45) is 0. The van der Waals surface area contributed by atoms with E-state index in [1.165, 1.54) is 0 Å². The van der Waals surface area contributed by atoms with Gasteiger partial charge in [-0.3, -0.25) is 0 Å². The first-order valence-corrected chi connectivity index (χ1v) is 20.8. The van der Waals surface area contributed by atoms with Gasteiger partial charge in [0, 0.05) is 134 Å². The van der Waals surface area contributed by atoms with Crippen molar-refractivity contribution in [3.8, 4) is 0 Å². The van der Waals surface area contributed by atoms with Gasteiger partial charge in [-0.05, 0) is 3.46 Å². The van der Waals surface area contributed by atoms with Crippen molar-refractivity contribution in [2.75, 3.05) is 6.54 Å². The molecule has 0 aromatic heterocycles. The van der Waals surface area contributed by atoms with Gasteiger partial charge >= 0.3 is 0 Å². The zero-order valence-corrected chi connectivity index (χ0v) is 19.8. The van der Waals surface area contributed by atoms with E-state index in [1.54, 1.807) is 0 Å². The first kappa shape index (κ1) is 16.0. The summed E-state index contributed by atoms with van der Waals surface area (Å²) in [4.78, 5) is 0. The molecule has 9 heteroatoms. The van der Waals surface area contributed by atoms with Gasteiger partial charge in [0.2, 0.25) is 0 Å². The highest BCUT2D eigenvalue weighted by molar-refractivity contribution is 14.5. The standard InChI is InChI=1S/C2H5I6NS2/c1-2-9(10(3,4)5)11(6,7)8/h2H2,1H3. The molecule has 1 nitrogen and oxygen atoms in total. The fraction of sp³-hybridized carbons (Fsp3) is 1.00. The van der Waals surface area contributed by atoms with Crippen molar-refractivity contribution < 1.29 is 0 Å². The topological polar surface area (TPSA) is 3.24 Å². The van der Waals surface area contributed by atoms with Crippen LogP contribution in [0.25, 0.3) is 0 Å².